The molecule has 0 aliphatic carbocycles. The second kappa shape index (κ2) is 5.73. The Hall–Kier alpha value is -1.71. The minimum Gasteiger partial charge on any atom is -0.495 e. The van der Waals surface area contributed by atoms with E-state index in [4.69, 9.17) is 9.84 Å². The second-order valence-corrected chi connectivity index (χ2v) is 6.39. The van der Waals surface area contributed by atoms with Crippen molar-refractivity contribution in [2.45, 2.75) is 24.3 Å². The molecule has 0 unspecified atom stereocenters. The van der Waals surface area contributed by atoms with Crippen LogP contribution in [0, 0.1) is 10.1 Å². The van der Waals surface area contributed by atoms with Crippen LogP contribution in [0.2, 0.25) is 0 Å². The number of hydrogen-bond acceptors (Lipinski definition) is 6. The third-order valence-corrected chi connectivity index (χ3v) is 4.19. The van der Waals surface area contributed by atoms with Crippen LogP contribution in [0.25, 0.3) is 0 Å². The molecule has 0 saturated carbocycles. The van der Waals surface area contributed by atoms with Crippen LogP contribution in [-0.4, -0.2) is 37.7 Å². The standard InChI is InChI=1S/C11H16N2O6S/c1-11(2,7-14)12-20(17,18)10-5-4-8(13(15)16)6-9(10)19-3/h4-6,12,14H,7H2,1-3H3. The van der Waals surface area contributed by atoms with Crippen molar-refractivity contribution in [3.8, 4) is 5.75 Å². The van der Waals surface area contributed by atoms with Crippen LogP contribution in [0.15, 0.2) is 23.1 Å². The summed E-state index contributed by atoms with van der Waals surface area (Å²) in [5.41, 5.74) is -1.34. The van der Waals surface area contributed by atoms with E-state index in [1.165, 1.54) is 21.0 Å². The summed E-state index contributed by atoms with van der Waals surface area (Å²) in [5.74, 6) is -0.138. The van der Waals surface area contributed by atoms with Gasteiger partial charge in [0.05, 0.1) is 30.2 Å². The molecule has 2 N–H and O–H groups in total. The fraction of sp³-hybridized carbons (Fsp3) is 0.455. The lowest BCUT2D eigenvalue weighted by atomic mass is 10.1. The molecule has 0 saturated heterocycles. The molecule has 1 aromatic carbocycles. The molecule has 1 rings (SSSR count). The number of nitro groups is 1. The zero-order chi connectivity index (χ0) is 15.6. The Morgan fingerprint density at radius 1 is 1.45 bits per heavy atom. The van der Waals surface area contributed by atoms with Crippen LogP contribution in [-0.2, 0) is 10.0 Å². The van der Waals surface area contributed by atoms with Gasteiger partial charge in [-0.25, -0.2) is 13.1 Å². The molecule has 0 aliphatic heterocycles. The van der Waals surface area contributed by atoms with E-state index in [0.29, 0.717) is 0 Å². The number of methoxy groups -OCH3 is 1. The highest BCUT2D eigenvalue weighted by molar-refractivity contribution is 7.89. The number of nitrogens with one attached hydrogen (secondary N) is 1. The van der Waals surface area contributed by atoms with Gasteiger partial charge in [-0.2, -0.15) is 0 Å². The van der Waals surface area contributed by atoms with Gasteiger partial charge in [-0.05, 0) is 19.9 Å². The topological polar surface area (TPSA) is 119 Å². The predicted molar refractivity (Wildman–Crippen MR) is 71.1 cm³/mol. The fourth-order valence-corrected chi connectivity index (χ4v) is 3.00. The monoisotopic (exact) mass is 304 g/mol. The van der Waals surface area contributed by atoms with Gasteiger partial charge in [0, 0.05) is 6.07 Å². The molecule has 0 amide bonds. The smallest absolute Gasteiger partial charge is 0.273 e. The molecule has 1 aromatic rings. The summed E-state index contributed by atoms with van der Waals surface area (Å²) in [6, 6.07) is 3.19. The minimum atomic E-state index is -3.97. The van der Waals surface area contributed by atoms with E-state index in [1.54, 1.807) is 0 Å². The zero-order valence-corrected chi connectivity index (χ0v) is 12.1. The number of ether oxygens (including phenoxy) is 1. The predicted octanol–water partition coefficient (Wildman–Crippen LogP) is 0.653. The Labute approximate surface area is 116 Å². The number of aliphatic hydroxyl groups is 1. The highest BCUT2D eigenvalue weighted by Gasteiger charge is 2.28. The molecular weight excluding hydrogens is 288 g/mol. The molecule has 8 nitrogen and oxygen atoms in total. The highest BCUT2D eigenvalue weighted by atomic mass is 32.2. The normalized spacial score (nSPS) is 12.2. The maximum atomic E-state index is 12.2. The fourth-order valence-electron chi connectivity index (χ4n) is 1.44. The first-order valence-corrected chi connectivity index (χ1v) is 7.08. The minimum absolute atomic E-state index is 0.138. The molecule has 0 heterocycles. The van der Waals surface area contributed by atoms with Gasteiger partial charge in [-0.1, -0.05) is 0 Å². The summed E-state index contributed by atoms with van der Waals surface area (Å²) in [5, 5.41) is 19.8. The van der Waals surface area contributed by atoms with E-state index in [2.05, 4.69) is 4.72 Å². The number of sulfonamides is 1. The number of non-ortho nitro benzene ring substituents is 1. The zero-order valence-electron chi connectivity index (χ0n) is 11.3. The molecule has 0 aliphatic rings. The maximum absolute atomic E-state index is 12.2. The molecule has 112 valence electrons. The van der Waals surface area contributed by atoms with Gasteiger partial charge in [-0.3, -0.25) is 10.1 Å². The van der Waals surface area contributed by atoms with Crippen LogP contribution in [0.4, 0.5) is 5.69 Å². The van der Waals surface area contributed by atoms with Crippen molar-refractivity contribution >= 4 is 15.7 Å². The van der Waals surface area contributed by atoms with E-state index < -0.39 is 27.1 Å². The van der Waals surface area contributed by atoms with Gasteiger partial charge < -0.3 is 9.84 Å². The summed E-state index contributed by atoms with van der Waals surface area (Å²) in [6.45, 7) is 2.60. The third-order valence-electron chi connectivity index (χ3n) is 2.45. The average molecular weight is 304 g/mol. The van der Waals surface area contributed by atoms with Gasteiger partial charge in [0.2, 0.25) is 10.0 Å². The van der Waals surface area contributed by atoms with Crippen molar-refractivity contribution in [3.63, 3.8) is 0 Å². The van der Waals surface area contributed by atoms with Crippen molar-refractivity contribution in [1.82, 2.24) is 4.72 Å². The molecule has 0 bridgehead atoms. The highest BCUT2D eigenvalue weighted by Crippen LogP contribution is 2.28. The maximum Gasteiger partial charge on any atom is 0.273 e. The number of nitrogens with zero attached hydrogens (tertiary/aromatic N) is 1. The molecule has 0 radical (unpaired) electrons. The van der Waals surface area contributed by atoms with Gasteiger partial charge in [0.25, 0.3) is 5.69 Å². The van der Waals surface area contributed by atoms with Crippen molar-refractivity contribution in [2.24, 2.45) is 0 Å². The van der Waals surface area contributed by atoms with Crippen LogP contribution in [0.5, 0.6) is 5.75 Å². The van der Waals surface area contributed by atoms with E-state index in [0.717, 1.165) is 18.2 Å². The Bertz CT molecular complexity index is 611. The quantitative estimate of drug-likeness (QED) is 0.588. The number of nitro benzene ring substituents is 1. The SMILES string of the molecule is COc1cc([N+](=O)[O-])ccc1S(=O)(=O)NC(C)(C)CO. The molecular formula is C11H16N2O6S. The van der Waals surface area contributed by atoms with Gasteiger partial charge >= 0.3 is 0 Å². The van der Waals surface area contributed by atoms with E-state index in [-0.39, 0.29) is 16.3 Å². The van der Waals surface area contributed by atoms with Gasteiger partial charge in [0.15, 0.2) is 0 Å². The Morgan fingerprint density at radius 3 is 2.50 bits per heavy atom. The van der Waals surface area contributed by atoms with Crippen LogP contribution in [0.3, 0.4) is 0 Å². The van der Waals surface area contributed by atoms with Crippen molar-refractivity contribution in [3.05, 3.63) is 28.3 Å². The molecule has 0 fully saturated rings. The summed E-state index contributed by atoms with van der Waals surface area (Å²) in [4.78, 5) is 9.78. The van der Waals surface area contributed by atoms with E-state index >= 15 is 0 Å². The summed E-state index contributed by atoms with van der Waals surface area (Å²) in [7, 11) is -2.76. The number of hydrogen-bond donors (Lipinski definition) is 2. The summed E-state index contributed by atoms with van der Waals surface area (Å²) >= 11 is 0. The Kier molecular flexibility index (Phi) is 4.69. The number of aliphatic hydroxyl groups excluding tert-OH is 1. The van der Waals surface area contributed by atoms with Gasteiger partial charge in [0.1, 0.15) is 10.6 Å². The largest absolute Gasteiger partial charge is 0.495 e. The first-order valence-electron chi connectivity index (χ1n) is 5.60. The summed E-state index contributed by atoms with van der Waals surface area (Å²) < 4.78 is 31.6. The Morgan fingerprint density at radius 2 is 2.05 bits per heavy atom. The second-order valence-electron chi connectivity index (χ2n) is 4.74. The van der Waals surface area contributed by atoms with Crippen LogP contribution >= 0.6 is 0 Å². The van der Waals surface area contributed by atoms with Crippen molar-refractivity contribution in [1.29, 1.82) is 0 Å². The molecule has 9 heteroatoms. The van der Waals surface area contributed by atoms with E-state index in [1.807, 2.05) is 0 Å². The summed E-state index contributed by atoms with van der Waals surface area (Å²) in [6.07, 6.45) is 0. The number of benzene rings is 1. The lowest BCUT2D eigenvalue weighted by molar-refractivity contribution is -0.385. The molecule has 0 aromatic heterocycles. The molecule has 20 heavy (non-hydrogen) atoms. The lowest BCUT2D eigenvalue weighted by Crippen LogP contribution is -2.46. The molecule has 0 spiro atoms. The lowest BCUT2D eigenvalue weighted by Gasteiger charge is -2.23. The first-order chi connectivity index (χ1) is 9.13. The first kappa shape index (κ1) is 16.3. The average Bonchev–Trinajstić information content (AvgIpc) is 2.36. The van der Waals surface area contributed by atoms with Crippen LogP contribution in [0.1, 0.15) is 13.8 Å². The van der Waals surface area contributed by atoms with Crippen LogP contribution < -0.4 is 9.46 Å². The van der Waals surface area contributed by atoms with E-state index in [9.17, 15) is 18.5 Å². The van der Waals surface area contributed by atoms with Crippen molar-refractivity contribution in [2.75, 3.05) is 13.7 Å². The third kappa shape index (κ3) is 3.65. The van der Waals surface area contributed by atoms with Gasteiger partial charge in [-0.15, -0.1) is 0 Å². The number of rotatable bonds is 6. The van der Waals surface area contributed by atoms with Crippen molar-refractivity contribution < 1.29 is 23.2 Å². The molecule has 0 atom stereocenters. The Balaban J connectivity index is 3.28.